The maximum Gasteiger partial charge on any atom is 0.321 e. The fourth-order valence-electron chi connectivity index (χ4n) is 3.92. The Balaban J connectivity index is 1.86. The first-order chi connectivity index (χ1) is 12.7. The third-order valence-electron chi connectivity index (χ3n) is 5.62. The van der Waals surface area contributed by atoms with Gasteiger partial charge in [0.1, 0.15) is 0 Å². The molecular formula is C22H37N3OS. The van der Waals surface area contributed by atoms with E-state index in [9.17, 15) is 4.79 Å². The number of benzene rings is 1. The summed E-state index contributed by atoms with van der Waals surface area (Å²) >= 11 is 1.90. The van der Waals surface area contributed by atoms with Crippen LogP contribution in [-0.2, 0) is 0 Å². The van der Waals surface area contributed by atoms with Gasteiger partial charge in [0.15, 0.2) is 0 Å². The second-order valence-electron chi connectivity index (χ2n) is 8.60. The standard InChI is InChI=1S/C22H37N3OS/c1-7-16-22(2,3)27-20-14-8-17(9-15-20)23-21(26)25(6)19-12-10-18(11-13-19)24(4)5/h8-9,14-15,18-19H,7,10-13,16H2,1-6H3,(H,23,26). The van der Waals surface area contributed by atoms with Gasteiger partial charge in [-0.15, -0.1) is 11.8 Å². The molecule has 0 aliphatic heterocycles. The number of hydrogen-bond donors (Lipinski definition) is 1. The third-order valence-corrected chi connectivity index (χ3v) is 6.88. The zero-order chi connectivity index (χ0) is 20.0. The van der Waals surface area contributed by atoms with Crippen molar-refractivity contribution in [3.8, 4) is 0 Å². The Hall–Kier alpha value is -1.20. The van der Waals surface area contributed by atoms with E-state index in [0.717, 1.165) is 31.4 Å². The van der Waals surface area contributed by atoms with Gasteiger partial charge in [-0.1, -0.05) is 27.2 Å². The van der Waals surface area contributed by atoms with E-state index in [2.05, 4.69) is 57.2 Å². The van der Waals surface area contributed by atoms with Crippen molar-refractivity contribution in [1.29, 1.82) is 0 Å². The number of carbonyl (C=O) groups excluding carboxylic acids is 1. The molecule has 1 saturated carbocycles. The van der Waals surface area contributed by atoms with Gasteiger partial charge in [-0.05, 0) is 70.5 Å². The fraction of sp³-hybridized carbons (Fsp3) is 0.682. The fourth-order valence-corrected chi connectivity index (χ4v) is 5.13. The molecule has 1 aliphatic rings. The topological polar surface area (TPSA) is 35.6 Å². The minimum atomic E-state index is -0.00461. The first kappa shape index (κ1) is 22.1. The average molecular weight is 392 g/mol. The van der Waals surface area contributed by atoms with Crippen LogP contribution in [0.25, 0.3) is 0 Å². The molecule has 152 valence electrons. The summed E-state index contributed by atoms with van der Waals surface area (Å²) in [7, 11) is 6.22. The van der Waals surface area contributed by atoms with Crippen molar-refractivity contribution in [3.05, 3.63) is 24.3 Å². The summed E-state index contributed by atoms with van der Waals surface area (Å²) in [6, 6.07) is 9.23. The lowest BCUT2D eigenvalue weighted by Crippen LogP contribution is -2.44. The van der Waals surface area contributed by atoms with E-state index in [1.54, 1.807) is 0 Å². The minimum Gasteiger partial charge on any atom is -0.325 e. The van der Waals surface area contributed by atoms with Gasteiger partial charge in [0.25, 0.3) is 0 Å². The Labute approximate surface area is 170 Å². The Bertz CT molecular complexity index is 592. The van der Waals surface area contributed by atoms with Crippen molar-refractivity contribution in [1.82, 2.24) is 9.80 Å². The molecule has 1 aromatic rings. The molecule has 1 fully saturated rings. The lowest BCUT2D eigenvalue weighted by molar-refractivity contribution is 0.150. The summed E-state index contributed by atoms with van der Waals surface area (Å²) in [6.45, 7) is 6.80. The van der Waals surface area contributed by atoms with Crippen LogP contribution in [0.4, 0.5) is 10.5 Å². The summed E-state index contributed by atoms with van der Waals surface area (Å²) in [5, 5.41) is 3.06. The molecule has 2 amide bonds. The Morgan fingerprint density at radius 1 is 1.07 bits per heavy atom. The van der Waals surface area contributed by atoms with Crippen molar-refractivity contribution in [2.45, 2.75) is 81.0 Å². The first-order valence-electron chi connectivity index (χ1n) is 10.2. The summed E-state index contributed by atoms with van der Waals surface area (Å²) < 4.78 is 0.241. The molecule has 1 aromatic carbocycles. The molecule has 0 bridgehead atoms. The SMILES string of the molecule is CCCC(C)(C)Sc1ccc(NC(=O)N(C)C2CCC(N(C)C)CC2)cc1. The molecule has 4 nitrogen and oxygen atoms in total. The van der Waals surface area contributed by atoms with Crippen LogP contribution in [0.3, 0.4) is 0 Å². The van der Waals surface area contributed by atoms with Crippen molar-refractivity contribution in [2.24, 2.45) is 0 Å². The quantitative estimate of drug-likeness (QED) is 0.606. The van der Waals surface area contributed by atoms with E-state index >= 15 is 0 Å². The van der Waals surface area contributed by atoms with Gasteiger partial charge in [-0.2, -0.15) is 0 Å². The van der Waals surface area contributed by atoms with Gasteiger partial charge in [-0.25, -0.2) is 4.79 Å². The van der Waals surface area contributed by atoms with Gasteiger partial charge in [0, 0.05) is 34.5 Å². The minimum absolute atomic E-state index is 0.00461. The van der Waals surface area contributed by atoms with Crippen molar-refractivity contribution >= 4 is 23.5 Å². The molecule has 1 aliphatic carbocycles. The van der Waals surface area contributed by atoms with Gasteiger partial charge in [-0.3, -0.25) is 0 Å². The number of thioether (sulfide) groups is 1. The van der Waals surface area contributed by atoms with Gasteiger partial charge < -0.3 is 15.1 Å². The smallest absolute Gasteiger partial charge is 0.321 e. The number of nitrogens with zero attached hydrogens (tertiary/aromatic N) is 2. The van der Waals surface area contributed by atoms with Gasteiger partial charge in [0.05, 0.1) is 0 Å². The number of hydrogen-bond acceptors (Lipinski definition) is 3. The monoisotopic (exact) mass is 391 g/mol. The molecule has 0 unspecified atom stereocenters. The molecule has 0 spiro atoms. The van der Waals surface area contributed by atoms with E-state index in [-0.39, 0.29) is 10.8 Å². The van der Waals surface area contributed by atoms with E-state index in [1.165, 1.54) is 17.7 Å². The zero-order valence-corrected chi connectivity index (χ0v) is 18.7. The summed E-state index contributed by atoms with van der Waals surface area (Å²) in [5.41, 5.74) is 0.867. The number of nitrogens with one attached hydrogen (secondary N) is 1. The molecule has 0 atom stereocenters. The number of amides is 2. The predicted octanol–water partition coefficient (Wildman–Crippen LogP) is 5.69. The highest BCUT2D eigenvalue weighted by molar-refractivity contribution is 8.00. The number of anilines is 1. The Kier molecular flexibility index (Phi) is 8.04. The first-order valence-corrected chi connectivity index (χ1v) is 11.0. The van der Waals surface area contributed by atoms with Crippen LogP contribution in [0.1, 0.15) is 59.3 Å². The lowest BCUT2D eigenvalue weighted by Gasteiger charge is -2.37. The number of rotatable bonds is 7. The molecule has 0 saturated heterocycles. The average Bonchev–Trinajstić information content (AvgIpc) is 2.62. The largest absolute Gasteiger partial charge is 0.325 e. The second kappa shape index (κ2) is 9.83. The number of urea groups is 1. The van der Waals surface area contributed by atoms with Gasteiger partial charge >= 0.3 is 6.03 Å². The summed E-state index contributed by atoms with van der Waals surface area (Å²) in [6.07, 6.45) is 6.86. The summed E-state index contributed by atoms with van der Waals surface area (Å²) in [4.78, 5) is 18.1. The van der Waals surface area contributed by atoms with Gasteiger partial charge in [0.2, 0.25) is 0 Å². The normalized spacial score (nSPS) is 20.6. The molecule has 0 heterocycles. The maximum absolute atomic E-state index is 12.6. The molecule has 0 aromatic heterocycles. The van der Waals surface area contributed by atoms with E-state index in [4.69, 9.17) is 0 Å². The summed E-state index contributed by atoms with van der Waals surface area (Å²) in [5.74, 6) is 0. The molecule has 27 heavy (non-hydrogen) atoms. The lowest BCUT2D eigenvalue weighted by atomic mass is 9.90. The highest BCUT2D eigenvalue weighted by atomic mass is 32.2. The Morgan fingerprint density at radius 2 is 1.63 bits per heavy atom. The van der Waals surface area contributed by atoms with Crippen LogP contribution < -0.4 is 5.32 Å². The zero-order valence-electron chi connectivity index (χ0n) is 17.9. The van der Waals surface area contributed by atoms with Crippen LogP contribution in [-0.4, -0.2) is 53.8 Å². The number of carbonyl (C=O) groups is 1. The Morgan fingerprint density at radius 3 is 2.15 bits per heavy atom. The van der Waals surface area contributed by atoms with Crippen molar-refractivity contribution < 1.29 is 4.79 Å². The molecule has 0 radical (unpaired) electrons. The highest BCUT2D eigenvalue weighted by Gasteiger charge is 2.27. The third kappa shape index (κ3) is 6.72. The van der Waals surface area contributed by atoms with Crippen molar-refractivity contribution in [3.63, 3.8) is 0 Å². The maximum atomic E-state index is 12.6. The van der Waals surface area contributed by atoms with Crippen molar-refractivity contribution in [2.75, 3.05) is 26.5 Å². The molecular weight excluding hydrogens is 354 g/mol. The predicted molar refractivity (Wildman–Crippen MR) is 118 cm³/mol. The highest BCUT2D eigenvalue weighted by Crippen LogP contribution is 2.36. The van der Waals surface area contributed by atoms with Crippen LogP contribution in [0, 0.1) is 0 Å². The second-order valence-corrected chi connectivity index (χ2v) is 10.4. The van der Waals surface area contributed by atoms with E-state index < -0.39 is 0 Å². The molecule has 5 heteroatoms. The molecule has 2 rings (SSSR count). The van der Waals surface area contributed by atoms with Crippen LogP contribution >= 0.6 is 11.8 Å². The van der Waals surface area contributed by atoms with Crippen LogP contribution in [0.2, 0.25) is 0 Å². The van der Waals surface area contributed by atoms with Crippen LogP contribution in [0.15, 0.2) is 29.2 Å². The van der Waals surface area contributed by atoms with E-state index in [1.807, 2.05) is 35.8 Å². The molecule has 1 N–H and O–H groups in total. The van der Waals surface area contributed by atoms with E-state index in [0.29, 0.717) is 12.1 Å². The van der Waals surface area contributed by atoms with Crippen LogP contribution in [0.5, 0.6) is 0 Å².